The van der Waals surface area contributed by atoms with E-state index in [0.29, 0.717) is 18.6 Å². The molecular weight excluding hydrogens is 358 g/mol. The number of imidazole rings is 1. The number of unbranched alkanes of at least 4 members (excludes halogenated alkanes) is 2. The number of benzene rings is 1. The molecular formula is C20H29N5OS. The van der Waals surface area contributed by atoms with Gasteiger partial charge in [-0.1, -0.05) is 25.8 Å². The maximum absolute atomic E-state index is 11.3. The van der Waals surface area contributed by atoms with Crippen molar-refractivity contribution in [2.45, 2.75) is 51.5 Å². The van der Waals surface area contributed by atoms with Gasteiger partial charge in [-0.25, -0.2) is 4.98 Å². The Hall–Kier alpha value is -2.12. The van der Waals surface area contributed by atoms with E-state index in [4.69, 9.17) is 5.73 Å². The molecule has 0 spiro atoms. The summed E-state index contributed by atoms with van der Waals surface area (Å²) in [6.45, 7) is 1.92. The molecule has 146 valence electrons. The lowest BCUT2D eigenvalue weighted by Crippen LogP contribution is -2.12. The summed E-state index contributed by atoms with van der Waals surface area (Å²) in [5, 5.41) is 5.50. The van der Waals surface area contributed by atoms with Crippen LogP contribution < -0.4 is 5.73 Å². The number of hydrogen-bond acceptors (Lipinski definition) is 4. The molecule has 27 heavy (non-hydrogen) atoms. The quantitative estimate of drug-likeness (QED) is 0.543. The van der Waals surface area contributed by atoms with Crippen LogP contribution in [0.3, 0.4) is 0 Å². The van der Waals surface area contributed by atoms with Crippen molar-refractivity contribution in [2.24, 2.45) is 12.8 Å². The molecule has 0 saturated carbocycles. The van der Waals surface area contributed by atoms with Gasteiger partial charge in [-0.2, -0.15) is 18.6 Å². The largest absolute Gasteiger partial charge is 0.341 e. The summed E-state index contributed by atoms with van der Waals surface area (Å²) in [6, 6.07) is 6.06. The van der Waals surface area contributed by atoms with Crippen LogP contribution in [-0.4, -0.2) is 25.5 Å². The van der Waals surface area contributed by atoms with Crippen LogP contribution in [0.2, 0.25) is 0 Å². The maximum atomic E-state index is 11.3. The summed E-state index contributed by atoms with van der Waals surface area (Å²) in [6.07, 6.45) is 9.04. The summed E-state index contributed by atoms with van der Waals surface area (Å²) >= 11 is 0. The average Bonchev–Trinajstić information content (AvgIpc) is 3.26. The number of nitrogens with one attached hydrogen (secondary N) is 1. The highest BCUT2D eigenvalue weighted by atomic mass is 32.1. The van der Waals surface area contributed by atoms with Crippen molar-refractivity contribution in [3.05, 3.63) is 36.4 Å². The Morgan fingerprint density at radius 1 is 1.30 bits per heavy atom. The molecule has 0 saturated heterocycles. The summed E-state index contributed by atoms with van der Waals surface area (Å²) in [5.74, 6) is 1.16. The van der Waals surface area contributed by atoms with Gasteiger partial charge in [0, 0.05) is 37.0 Å². The van der Waals surface area contributed by atoms with E-state index in [9.17, 15) is 4.79 Å². The summed E-state index contributed by atoms with van der Waals surface area (Å²) in [7, 11) is 1.92. The number of aromatic nitrogens is 4. The van der Waals surface area contributed by atoms with Crippen LogP contribution >= 0.6 is 13.5 Å². The van der Waals surface area contributed by atoms with E-state index in [2.05, 4.69) is 21.1 Å². The highest BCUT2D eigenvalue weighted by molar-refractivity contribution is 7.59. The molecule has 7 heteroatoms. The molecule has 2 heterocycles. The predicted molar refractivity (Wildman–Crippen MR) is 114 cm³/mol. The Bertz CT molecular complexity index is 886. The molecule has 3 rings (SSSR count). The number of rotatable bonds is 9. The molecule has 0 unspecified atom stereocenters. The lowest BCUT2D eigenvalue weighted by atomic mass is 10.1. The Labute approximate surface area is 167 Å². The van der Waals surface area contributed by atoms with Gasteiger partial charge < -0.3 is 10.7 Å². The number of aromatic amines is 1. The molecule has 0 aliphatic heterocycles. The number of ketones is 1. The Kier molecular flexibility index (Phi) is 7.62. The molecule has 1 atom stereocenters. The van der Waals surface area contributed by atoms with Crippen LogP contribution in [0.5, 0.6) is 0 Å². The lowest BCUT2D eigenvalue weighted by Gasteiger charge is -2.08. The molecule has 0 bridgehead atoms. The minimum Gasteiger partial charge on any atom is -0.341 e. The zero-order valence-corrected chi connectivity index (χ0v) is 17.0. The van der Waals surface area contributed by atoms with Crippen molar-refractivity contribution >= 4 is 30.2 Å². The SMILES string of the molecule is CCC(=O)CCCCC[C@H](N)c1ncc(-c2ccc3nn(C)cc3c2)[nH]1.S. The van der Waals surface area contributed by atoms with Crippen molar-refractivity contribution in [1.29, 1.82) is 0 Å². The van der Waals surface area contributed by atoms with Gasteiger partial charge in [-0.15, -0.1) is 0 Å². The standard InChI is InChI=1S/C20H27N5O.H2S/c1-3-16(26)7-5-4-6-8-17(21)20-22-12-19(23-20)14-9-10-18-15(11-14)13-25(2)24-18;/h9-13,17H,3-8,21H2,1-2H3,(H,22,23);1H2/t17-;/m0./s1. The molecule has 6 nitrogen and oxygen atoms in total. The van der Waals surface area contributed by atoms with Gasteiger partial charge in [0.25, 0.3) is 0 Å². The van der Waals surface area contributed by atoms with Gasteiger partial charge in [0.05, 0.1) is 23.4 Å². The second kappa shape index (κ2) is 9.71. The minimum absolute atomic E-state index is 0. The normalized spacial score (nSPS) is 12.1. The van der Waals surface area contributed by atoms with Gasteiger partial charge in [0.15, 0.2) is 0 Å². The van der Waals surface area contributed by atoms with E-state index in [1.54, 1.807) is 0 Å². The third kappa shape index (κ3) is 5.43. The topological polar surface area (TPSA) is 89.6 Å². The van der Waals surface area contributed by atoms with Gasteiger partial charge in [0.1, 0.15) is 11.6 Å². The van der Waals surface area contributed by atoms with E-state index >= 15 is 0 Å². The monoisotopic (exact) mass is 387 g/mol. The number of aryl methyl sites for hydroxylation is 1. The zero-order valence-electron chi connectivity index (χ0n) is 16.0. The second-order valence-electron chi connectivity index (χ2n) is 6.86. The zero-order chi connectivity index (χ0) is 18.5. The number of hydrogen-bond donors (Lipinski definition) is 2. The predicted octanol–water partition coefficient (Wildman–Crippen LogP) is 4.01. The number of nitrogens with two attached hydrogens (primary N) is 1. The van der Waals surface area contributed by atoms with Crippen LogP contribution in [-0.2, 0) is 11.8 Å². The highest BCUT2D eigenvalue weighted by Crippen LogP contribution is 2.24. The summed E-state index contributed by atoms with van der Waals surface area (Å²) in [5.41, 5.74) is 9.30. The Morgan fingerprint density at radius 3 is 2.89 bits per heavy atom. The average molecular weight is 388 g/mol. The van der Waals surface area contributed by atoms with Gasteiger partial charge >= 0.3 is 0 Å². The highest BCUT2D eigenvalue weighted by Gasteiger charge is 2.12. The summed E-state index contributed by atoms with van der Waals surface area (Å²) in [4.78, 5) is 19.1. The number of nitrogens with zero attached hydrogens (tertiary/aromatic N) is 3. The van der Waals surface area contributed by atoms with E-state index < -0.39 is 0 Å². The number of H-pyrrole nitrogens is 1. The van der Waals surface area contributed by atoms with Crippen molar-refractivity contribution < 1.29 is 4.79 Å². The first-order chi connectivity index (χ1) is 12.6. The third-order valence-electron chi connectivity index (χ3n) is 4.74. The fraction of sp³-hybridized carbons (Fsp3) is 0.450. The second-order valence-corrected chi connectivity index (χ2v) is 6.86. The lowest BCUT2D eigenvalue weighted by molar-refractivity contribution is -0.118. The molecule has 0 radical (unpaired) electrons. The minimum atomic E-state index is -0.104. The van der Waals surface area contributed by atoms with Gasteiger partial charge in [-0.05, 0) is 25.0 Å². The van der Waals surface area contributed by atoms with Crippen molar-refractivity contribution in [3.8, 4) is 11.3 Å². The number of Topliss-reactive ketones (excluding diaryl/α,β-unsaturated/α-hetero) is 1. The van der Waals surface area contributed by atoms with Crippen molar-refractivity contribution in [3.63, 3.8) is 0 Å². The molecule has 1 aromatic carbocycles. The van der Waals surface area contributed by atoms with E-state index in [1.807, 2.05) is 43.2 Å². The van der Waals surface area contributed by atoms with Crippen LogP contribution in [0.15, 0.2) is 30.6 Å². The van der Waals surface area contributed by atoms with Crippen molar-refractivity contribution in [2.75, 3.05) is 0 Å². The van der Waals surface area contributed by atoms with Crippen molar-refractivity contribution in [1.82, 2.24) is 19.7 Å². The number of carbonyl (C=O) groups is 1. The first-order valence-corrected chi connectivity index (χ1v) is 9.32. The van der Waals surface area contributed by atoms with E-state index in [0.717, 1.165) is 53.7 Å². The van der Waals surface area contributed by atoms with Crippen LogP contribution in [0.1, 0.15) is 57.3 Å². The fourth-order valence-corrected chi connectivity index (χ4v) is 3.17. The summed E-state index contributed by atoms with van der Waals surface area (Å²) < 4.78 is 1.82. The number of fused-ring (bicyclic) bond motifs is 1. The molecule has 0 aliphatic rings. The molecule has 3 N–H and O–H groups in total. The molecule has 3 aromatic rings. The van der Waals surface area contributed by atoms with Crippen LogP contribution in [0, 0.1) is 0 Å². The Balaban J connectivity index is 0.00000261. The van der Waals surface area contributed by atoms with Crippen LogP contribution in [0.4, 0.5) is 0 Å². The molecule has 0 aliphatic carbocycles. The molecule has 2 aromatic heterocycles. The smallest absolute Gasteiger partial charge is 0.132 e. The van der Waals surface area contributed by atoms with E-state index in [1.165, 1.54) is 0 Å². The Morgan fingerprint density at radius 2 is 2.11 bits per heavy atom. The van der Waals surface area contributed by atoms with Gasteiger partial charge in [-0.3, -0.25) is 9.48 Å². The maximum Gasteiger partial charge on any atom is 0.132 e. The number of carbonyl (C=O) groups excluding carboxylic acids is 1. The first kappa shape index (κ1) is 21.2. The molecule has 0 fully saturated rings. The third-order valence-corrected chi connectivity index (χ3v) is 4.74. The fourth-order valence-electron chi connectivity index (χ4n) is 3.17. The van der Waals surface area contributed by atoms with Crippen LogP contribution in [0.25, 0.3) is 22.2 Å². The molecule has 0 amide bonds. The first-order valence-electron chi connectivity index (χ1n) is 9.32. The van der Waals surface area contributed by atoms with Gasteiger partial charge in [0.2, 0.25) is 0 Å². The van der Waals surface area contributed by atoms with E-state index in [-0.39, 0.29) is 19.5 Å².